The van der Waals surface area contributed by atoms with Crippen LogP contribution in [0.2, 0.25) is 0 Å². The third kappa shape index (κ3) is 3.53. The van der Waals surface area contributed by atoms with E-state index >= 15 is 0 Å². The van der Waals surface area contributed by atoms with Gasteiger partial charge in [0.2, 0.25) is 5.91 Å². The number of ether oxygens (including phenoxy) is 1. The normalized spacial score (nSPS) is 17.4. The summed E-state index contributed by atoms with van der Waals surface area (Å²) < 4.78 is 6.49. The van der Waals surface area contributed by atoms with Gasteiger partial charge in [-0.3, -0.25) is 9.36 Å². The van der Waals surface area contributed by atoms with Crippen molar-refractivity contribution in [2.24, 2.45) is 5.92 Å². The molecule has 0 saturated carbocycles. The predicted octanol–water partition coefficient (Wildman–Crippen LogP) is 1.68. The molecule has 126 valence electrons. The van der Waals surface area contributed by atoms with Gasteiger partial charge in [0.05, 0.1) is 18.7 Å². The van der Waals surface area contributed by atoms with Crippen molar-refractivity contribution in [1.82, 2.24) is 19.7 Å². The number of methoxy groups -OCH3 is 1. The molecule has 2 amide bonds. The smallest absolute Gasteiger partial charge is 0.409 e. The van der Waals surface area contributed by atoms with Gasteiger partial charge in [0.15, 0.2) is 0 Å². The molecule has 8 nitrogen and oxygen atoms in total. The Balaban J connectivity index is 1.66. The molecule has 0 radical (unpaired) electrons. The van der Waals surface area contributed by atoms with E-state index in [1.807, 2.05) is 24.3 Å². The molecule has 2 heterocycles. The van der Waals surface area contributed by atoms with Gasteiger partial charge in [-0.25, -0.2) is 4.79 Å². The maximum atomic E-state index is 12.5. The molecule has 1 saturated heterocycles. The van der Waals surface area contributed by atoms with E-state index in [2.05, 4.69) is 15.5 Å². The first kappa shape index (κ1) is 16.0. The molecular weight excluding hydrogens is 310 g/mol. The number of carbonyl (C=O) groups is 2. The Morgan fingerprint density at radius 1 is 1.29 bits per heavy atom. The largest absolute Gasteiger partial charge is 0.453 e. The Kier molecular flexibility index (Phi) is 4.74. The Bertz CT molecular complexity index is 716. The monoisotopic (exact) mass is 329 g/mol. The van der Waals surface area contributed by atoms with Crippen LogP contribution in [0.5, 0.6) is 0 Å². The Hall–Kier alpha value is -2.90. The topological polar surface area (TPSA) is 89.4 Å². The molecule has 1 aromatic heterocycles. The highest BCUT2D eigenvalue weighted by Gasteiger charge is 2.28. The van der Waals surface area contributed by atoms with Crippen LogP contribution in [0, 0.1) is 5.92 Å². The van der Waals surface area contributed by atoms with Gasteiger partial charge >= 0.3 is 6.09 Å². The molecule has 24 heavy (non-hydrogen) atoms. The van der Waals surface area contributed by atoms with Crippen LogP contribution in [0.4, 0.5) is 10.5 Å². The van der Waals surface area contributed by atoms with Crippen LogP contribution in [-0.4, -0.2) is 51.9 Å². The van der Waals surface area contributed by atoms with Crippen LogP contribution < -0.4 is 5.32 Å². The van der Waals surface area contributed by atoms with Crippen molar-refractivity contribution in [2.75, 3.05) is 25.5 Å². The number of nitrogens with zero attached hydrogens (tertiary/aromatic N) is 4. The Morgan fingerprint density at radius 3 is 2.83 bits per heavy atom. The van der Waals surface area contributed by atoms with Crippen molar-refractivity contribution >= 4 is 17.7 Å². The quantitative estimate of drug-likeness (QED) is 0.925. The summed E-state index contributed by atoms with van der Waals surface area (Å²) in [6.07, 6.45) is 4.34. The summed E-state index contributed by atoms with van der Waals surface area (Å²) in [5.74, 6) is -0.332. The van der Waals surface area contributed by atoms with Crippen molar-refractivity contribution in [3.05, 3.63) is 36.9 Å². The number of benzene rings is 1. The summed E-state index contributed by atoms with van der Waals surface area (Å²) in [6.45, 7) is 1.00. The third-order valence-corrected chi connectivity index (χ3v) is 4.06. The first-order valence-electron chi connectivity index (χ1n) is 7.76. The zero-order chi connectivity index (χ0) is 16.9. The highest BCUT2D eigenvalue weighted by atomic mass is 16.5. The fourth-order valence-corrected chi connectivity index (χ4v) is 2.81. The highest BCUT2D eigenvalue weighted by molar-refractivity contribution is 5.93. The van der Waals surface area contributed by atoms with E-state index < -0.39 is 0 Å². The van der Waals surface area contributed by atoms with E-state index in [9.17, 15) is 9.59 Å². The lowest BCUT2D eigenvalue weighted by atomic mass is 9.97. The van der Waals surface area contributed by atoms with Crippen LogP contribution >= 0.6 is 0 Å². The summed E-state index contributed by atoms with van der Waals surface area (Å²) in [6, 6.07) is 7.43. The van der Waals surface area contributed by atoms with Gasteiger partial charge in [0.1, 0.15) is 12.7 Å². The number of piperidine rings is 1. The number of hydrogen-bond donors (Lipinski definition) is 1. The molecule has 1 aliphatic heterocycles. The summed E-state index contributed by atoms with van der Waals surface area (Å²) in [4.78, 5) is 25.7. The van der Waals surface area contributed by atoms with Gasteiger partial charge in [0.25, 0.3) is 0 Å². The average molecular weight is 329 g/mol. The number of hydrogen-bond acceptors (Lipinski definition) is 5. The summed E-state index contributed by atoms with van der Waals surface area (Å²) in [5, 5.41) is 10.5. The maximum Gasteiger partial charge on any atom is 0.409 e. The minimum absolute atomic E-state index is 0.0930. The average Bonchev–Trinajstić information content (AvgIpc) is 3.16. The highest BCUT2D eigenvalue weighted by Crippen LogP contribution is 2.20. The first-order valence-corrected chi connectivity index (χ1v) is 7.76. The molecule has 1 N–H and O–H groups in total. The van der Waals surface area contributed by atoms with Crippen molar-refractivity contribution in [3.8, 4) is 5.69 Å². The van der Waals surface area contributed by atoms with Crippen LogP contribution in [0.1, 0.15) is 12.8 Å². The number of aromatic nitrogens is 3. The van der Waals surface area contributed by atoms with E-state index in [-0.39, 0.29) is 17.9 Å². The van der Waals surface area contributed by atoms with Gasteiger partial charge in [-0.15, -0.1) is 10.2 Å². The fraction of sp³-hybridized carbons (Fsp3) is 0.375. The van der Waals surface area contributed by atoms with Crippen LogP contribution in [0.15, 0.2) is 36.9 Å². The number of rotatable bonds is 3. The van der Waals surface area contributed by atoms with E-state index in [1.54, 1.807) is 22.1 Å². The zero-order valence-corrected chi connectivity index (χ0v) is 13.4. The number of likely N-dealkylation sites (tertiary alicyclic amines) is 1. The first-order chi connectivity index (χ1) is 11.7. The SMILES string of the molecule is COC(=O)N1CCC[C@H](C(=O)Nc2cccc(-n3cnnc3)c2)C1. The molecule has 0 spiro atoms. The van der Waals surface area contributed by atoms with Gasteiger partial charge in [0, 0.05) is 18.8 Å². The minimum Gasteiger partial charge on any atom is -0.453 e. The van der Waals surface area contributed by atoms with Crippen molar-refractivity contribution in [1.29, 1.82) is 0 Å². The van der Waals surface area contributed by atoms with E-state index in [0.29, 0.717) is 18.8 Å². The van der Waals surface area contributed by atoms with Crippen LogP contribution in [0.3, 0.4) is 0 Å². The second-order valence-electron chi connectivity index (χ2n) is 5.66. The maximum absolute atomic E-state index is 12.5. The second kappa shape index (κ2) is 7.12. The van der Waals surface area contributed by atoms with Crippen molar-refractivity contribution in [2.45, 2.75) is 12.8 Å². The minimum atomic E-state index is -0.387. The molecule has 1 aliphatic rings. The van der Waals surface area contributed by atoms with Crippen LogP contribution in [0.25, 0.3) is 5.69 Å². The van der Waals surface area contributed by atoms with E-state index in [4.69, 9.17) is 4.74 Å². The van der Waals surface area contributed by atoms with Gasteiger partial charge < -0.3 is 15.0 Å². The lowest BCUT2D eigenvalue weighted by Gasteiger charge is -2.30. The van der Waals surface area contributed by atoms with Gasteiger partial charge in [-0.2, -0.15) is 0 Å². The fourth-order valence-electron chi connectivity index (χ4n) is 2.81. The van der Waals surface area contributed by atoms with Gasteiger partial charge in [-0.05, 0) is 31.0 Å². The molecule has 1 fully saturated rings. The molecular formula is C16H19N5O3. The number of carbonyl (C=O) groups excluding carboxylic acids is 2. The zero-order valence-electron chi connectivity index (χ0n) is 13.4. The number of anilines is 1. The second-order valence-corrected chi connectivity index (χ2v) is 5.66. The molecule has 1 atom stereocenters. The lowest BCUT2D eigenvalue weighted by molar-refractivity contribution is -0.121. The molecule has 0 bridgehead atoms. The lowest BCUT2D eigenvalue weighted by Crippen LogP contribution is -2.43. The Labute approximate surface area is 139 Å². The molecule has 0 unspecified atom stereocenters. The predicted molar refractivity (Wildman–Crippen MR) is 86.7 cm³/mol. The summed E-state index contributed by atoms with van der Waals surface area (Å²) in [5.41, 5.74) is 1.55. The van der Waals surface area contributed by atoms with Gasteiger partial charge in [-0.1, -0.05) is 6.07 Å². The number of amides is 2. The van der Waals surface area contributed by atoms with Crippen molar-refractivity contribution in [3.63, 3.8) is 0 Å². The summed E-state index contributed by atoms with van der Waals surface area (Å²) >= 11 is 0. The number of nitrogens with one attached hydrogen (secondary N) is 1. The molecule has 3 rings (SSSR count). The van der Waals surface area contributed by atoms with Crippen molar-refractivity contribution < 1.29 is 14.3 Å². The molecule has 0 aliphatic carbocycles. The summed E-state index contributed by atoms with van der Waals surface area (Å²) in [7, 11) is 1.35. The van der Waals surface area contributed by atoms with E-state index in [1.165, 1.54) is 7.11 Å². The Morgan fingerprint density at radius 2 is 2.08 bits per heavy atom. The standard InChI is InChI=1S/C16H19N5O3/c1-24-16(23)20-7-3-4-12(9-20)15(22)19-13-5-2-6-14(8-13)21-10-17-18-11-21/h2,5-6,8,10-12H,3-4,7,9H2,1H3,(H,19,22)/t12-/m0/s1. The molecule has 1 aromatic carbocycles. The van der Waals surface area contributed by atoms with E-state index in [0.717, 1.165) is 18.5 Å². The molecule has 2 aromatic rings. The molecule has 8 heteroatoms. The van der Waals surface area contributed by atoms with Crippen LogP contribution in [-0.2, 0) is 9.53 Å². The third-order valence-electron chi connectivity index (χ3n) is 4.06.